The number of rotatable bonds is 1. The third kappa shape index (κ3) is 2.03. The maximum Gasteiger partial charge on any atom is 0.312 e. The first kappa shape index (κ1) is 9.83. The molecule has 1 aromatic rings. The zero-order valence-corrected chi connectivity index (χ0v) is 8.62. The first-order valence-electron chi connectivity index (χ1n) is 4.96. The molecule has 0 aliphatic carbocycles. The number of ether oxygens (including phenoxy) is 1. The van der Waals surface area contributed by atoms with E-state index < -0.39 is 6.03 Å². The Labute approximate surface area is 88.4 Å². The number of nitrogens with two attached hydrogens (primary N) is 1. The van der Waals surface area contributed by atoms with Crippen LogP contribution in [0.5, 0.6) is 5.75 Å². The summed E-state index contributed by atoms with van der Waals surface area (Å²) in [5, 5.41) is 2.72. The van der Waals surface area contributed by atoms with Gasteiger partial charge in [0.25, 0.3) is 0 Å². The van der Waals surface area contributed by atoms with Crippen molar-refractivity contribution < 1.29 is 9.53 Å². The molecule has 0 radical (unpaired) electrons. The van der Waals surface area contributed by atoms with Crippen molar-refractivity contribution in [1.29, 1.82) is 0 Å². The topological polar surface area (TPSA) is 64.3 Å². The first-order valence-corrected chi connectivity index (χ1v) is 4.96. The Morgan fingerprint density at radius 2 is 2.40 bits per heavy atom. The van der Waals surface area contributed by atoms with Gasteiger partial charge in [-0.2, -0.15) is 0 Å². The zero-order valence-electron chi connectivity index (χ0n) is 8.62. The van der Waals surface area contributed by atoms with Crippen molar-refractivity contribution in [2.75, 3.05) is 6.61 Å². The molecule has 1 heterocycles. The lowest BCUT2D eigenvalue weighted by Crippen LogP contribution is -2.35. The summed E-state index contributed by atoms with van der Waals surface area (Å²) in [6.07, 6.45) is 0.763. The lowest BCUT2D eigenvalue weighted by molar-refractivity contribution is 0.230. The monoisotopic (exact) mass is 206 g/mol. The largest absolute Gasteiger partial charge is 0.493 e. The highest BCUT2D eigenvalue weighted by Crippen LogP contribution is 2.32. The van der Waals surface area contributed by atoms with E-state index in [-0.39, 0.29) is 6.04 Å². The molecule has 0 spiro atoms. The van der Waals surface area contributed by atoms with Crippen molar-refractivity contribution >= 4 is 6.03 Å². The minimum Gasteiger partial charge on any atom is -0.493 e. The SMILES string of the molecule is Cc1ccc2c(c1)C(NC(N)=O)CCO2. The molecular weight excluding hydrogens is 192 g/mol. The van der Waals surface area contributed by atoms with E-state index in [1.54, 1.807) is 0 Å². The second kappa shape index (κ2) is 3.81. The van der Waals surface area contributed by atoms with E-state index in [1.165, 1.54) is 0 Å². The molecule has 4 nitrogen and oxygen atoms in total. The van der Waals surface area contributed by atoms with Gasteiger partial charge in [-0.05, 0) is 13.0 Å². The van der Waals surface area contributed by atoms with E-state index in [0.29, 0.717) is 6.61 Å². The minimum absolute atomic E-state index is 0.0221. The number of carbonyl (C=O) groups excluding carboxylic acids is 1. The molecule has 2 rings (SSSR count). The van der Waals surface area contributed by atoms with Crippen LogP contribution in [0.15, 0.2) is 18.2 Å². The van der Waals surface area contributed by atoms with E-state index in [1.807, 2.05) is 25.1 Å². The summed E-state index contributed by atoms with van der Waals surface area (Å²) in [6.45, 7) is 2.62. The summed E-state index contributed by atoms with van der Waals surface area (Å²) < 4.78 is 5.50. The lowest BCUT2D eigenvalue weighted by atomic mass is 9.99. The fraction of sp³-hybridized carbons (Fsp3) is 0.364. The van der Waals surface area contributed by atoms with Gasteiger partial charge < -0.3 is 15.8 Å². The number of urea groups is 1. The molecule has 3 N–H and O–H groups in total. The number of amides is 2. The zero-order chi connectivity index (χ0) is 10.8. The maximum atomic E-state index is 10.8. The number of carbonyl (C=O) groups is 1. The Kier molecular flexibility index (Phi) is 2.49. The fourth-order valence-electron chi connectivity index (χ4n) is 1.84. The van der Waals surface area contributed by atoms with Crippen LogP contribution in [0.4, 0.5) is 4.79 Å². The van der Waals surface area contributed by atoms with Gasteiger partial charge in [-0.25, -0.2) is 4.79 Å². The van der Waals surface area contributed by atoms with Gasteiger partial charge in [-0.3, -0.25) is 0 Å². The van der Waals surface area contributed by atoms with Crippen LogP contribution >= 0.6 is 0 Å². The van der Waals surface area contributed by atoms with E-state index in [0.717, 1.165) is 23.3 Å². The van der Waals surface area contributed by atoms with E-state index >= 15 is 0 Å². The van der Waals surface area contributed by atoms with Crippen molar-refractivity contribution in [2.45, 2.75) is 19.4 Å². The third-order valence-corrected chi connectivity index (χ3v) is 2.52. The van der Waals surface area contributed by atoms with Gasteiger partial charge in [0.1, 0.15) is 5.75 Å². The number of nitrogens with one attached hydrogen (secondary N) is 1. The van der Waals surface area contributed by atoms with Gasteiger partial charge >= 0.3 is 6.03 Å². The van der Waals surface area contributed by atoms with Gasteiger partial charge in [-0.15, -0.1) is 0 Å². The third-order valence-electron chi connectivity index (χ3n) is 2.52. The van der Waals surface area contributed by atoms with Crippen LogP contribution in [-0.2, 0) is 0 Å². The standard InChI is InChI=1S/C11H14N2O2/c1-7-2-3-10-8(6-7)9(4-5-15-10)13-11(12)14/h2-3,6,9H,4-5H2,1H3,(H3,12,13,14). The van der Waals surface area contributed by atoms with E-state index in [2.05, 4.69) is 5.32 Å². The Bertz CT molecular complexity index is 390. The molecule has 1 unspecified atom stereocenters. The number of hydrogen-bond acceptors (Lipinski definition) is 2. The van der Waals surface area contributed by atoms with E-state index in [9.17, 15) is 4.79 Å². The predicted molar refractivity (Wildman–Crippen MR) is 56.8 cm³/mol. The molecular formula is C11H14N2O2. The second-order valence-corrected chi connectivity index (χ2v) is 3.74. The van der Waals surface area contributed by atoms with Crippen molar-refractivity contribution in [3.05, 3.63) is 29.3 Å². The first-order chi connectivity index (χ1) is 7.16. The molecule has 2 amide bonds. The minimum atomic E-state index is -0.491. The molecule has 1 aromatic carbocycles. The molecule has 0 saturated heterocycles. The van der Waals surface area contributed by atoms with Gasteiger partial charge in [0.15, 0.2) is 0 Å². The summed E-state index contributed by atoms with van der Waals surface area (Å²) >= 11 is 0. The van der Waals surface area contributed by atoms with Gasteiger partial charge in [-0.1, -0.05) is 17.7 Å². The molecule has 0 saturated carbocycles. The molecule has 0 aromatic heterocycles. The quantitative estimate of drug-likeness (QED) is 0.731. The summed E-state index contributed by atoms with van der Waals surface area (Å²) in [4.78, 5) is 10.8. The Hall–Kier alpha value is -1.71. The van der Waals surface area contributed by atoms with Crippen molar-refractivity contribution in [3.63, 3.8) is 0 Å². The predicted octanol–water partition coefficient (Wildman–Crippen LogP) is 1.49. The Balaban J connectivity index is 2.32. The van der Waals surface area contributed by atoms with Crippen LogP contribution in [-0.4, -0.2) is 12.6 Å². The number of benzene rings is 1. The normalized spacial score (nSPS) is 18.9. The van der Waals surface area contributed by atoms with Gasteiger partial charge in [0.2, 0.25) is 0 Å². The lowest BCUT2D eigenvalue weighted by Gasteiger charge is -2.26. The fourth-order valence-corrected chi connectivity index (χ4v) is 1.84. The van der Waals surface area contributed by atoms with Crippen LogP contribution in [0.2, 0.25) is 0 Å². The van der Waals surface area contributed by atoms with Crippen LogP contribution in [0.3, 0.4) is 0 Å². The Morgan fingerprint density at radius 3 is 3.13 bits per heavy atom. The second-order valence-electron chi connectivity index (χ2n) is 3.74. The summed E-state index contributed by atoms with van der Waals surface area (Å²) in [5.41, 5.74) is 7.29. The highest BCUT2D eigenvalue weighted by molar-refractivity contribution is 5.72. The molecule has 1 aliphatic rings. The molecule has 0 fully saturated rings. The molecule has 1 atom stereocenters. The number of fused-ring (bicyclic) bond motifs is 1. The molecule has 80 valence electrons. The van der Waals surface area contributed by atoms with Crippen molar-refractivity contribution in [3.8, 4) is 5.75 Å². The van der Waals surface area contributed by atoms with Crippen LogP contribution in [0.25, 0.3) is 0 Å². The summed E-state index contributed by atoms with van der Waals surface area (Å²) in [6, 6.07) is 5.43. The van der Waals surface area contributed by atoms with Crippen LogP contribution in [0, 0.1) is 6.92 Å². The average Bonchev–Trinajstić information content (AvgIpc) is 2.18. The molecule has 1 aliphatic heterocycles. The Morgan fingerprint density at radius 1 is 1.60 bits per heavy atom. The highest BCUT2D eigenvalue weighted by atomic mass is 16.5. The average molecular weight is 206 g/mol. The summed E-state index contributed by atoms with van der Waals surface area (Å²) in [5.74, 6) is 0.839. The van der Waals surface area contributed by atoms with Gasteiger partial charge in [0.05, 0.1) is 12.6 Å². The van der Waals surface area contributed by atoms with Crippen LogP contribution < -0.4 is 15.8 Å². The smallest absolute Gasteiger partial charge is 0.312 e. The summed E-state index contributed by atoms with van der Waals surface area (Å²) in [7, 11) is 0. The van der Waals surface area contributed by atoms with Crippen LogP contribution in [0.1, 0.15) is 23.6 Å². The van der Waals surface area contributed by atoms with Crippen molar-refractivity contribution in [2.24, 2.45) is 5.73 Å². The molecule has 15 heavy (non-hydrogen) atoms. The molecule has 4 heteroatoms. The van der Waals surface area contributed by atoms with E-state index in [4.69, 9.17) is 10.5 Å². The molecule has 0 bridgehead atoms. The maximum absolute atomic E-state index is 10.8. The number of aryl methyl sites for hydroxylation is 1. The highest BCUT2D eigenvalue weighted by Gasteiger charge is 2.22. The number of primary amides is 1. The van der Waals surface area contributed by atoms with Crippen molar-refractivity contribution in [1.82, 2.24) is 5.32 Å². The van der Waals surface area contributed by atoms with Gasteiger partial charge in [0, 0.05) is 12.0 Å². The number of hydrogen-bond donors (Lipinski definition) is 2.